The summed E-state index contributed by atoms with van der Waals surface area (Å²) in [5.41, 5.74) is 1.51. The number of carbonyl (C=O) groups is 1. The Labute approximate surface area is 177 Å². The zero-order valence-corrected chi connectivity index (χ0v) is 17.4. The van der Waals surface area contributed by atoms with Gasteiger partial charge in [0.05, 0.1) is 21.9 Å². The first-order valence-corrected chi connectivity index (χ1v) is 9.89. The largest absolute Gasteiger partial charge is 0.450 e. The summed E-state index contributed by atoms with van der Waals surface area (Å²) in [7, 11) is 0. The van der Waals surface area contributed by atoms with E-state index in [1.54, 1.807) is 36.1 Å². The van der Waals surface area contributed by atoms with Crippen LogP contribution in [0.4, 0.5) is 5.69 Å². The molecule has 1 atom stereocenters. The molecule has 0 saturated carbocycles. The van der Waals surface area contributed by atoms with E-state index in [-0.39, 0.29) is 34.3 Å². The molecule has 1 aliphatic rings. The van der Waals surface area contributed by atoms with Gasteiger partial charge in [-0.3, -0.25) is 19.7 Å². The molecule has 0 fully saturated rings. The highest BCUT2D eigenvalue weighted by Crippen LogP contribution is 2.39. The summed E-state index contributed by atoms with van der Waals surface area (Å²) in [4.78, 5) is 38.7. The van der Waals surface area contributed by atoms with Crippen LogP contribution in [0.1, 0.15) is 47.1 Å². The molecule has 3 aromatic rings. The van der Waals surface area contributed by atoms with Gasteiger partial charge in [0, 0.05) is 23.7 Å². The normalized spacial score (nSPS) is 15.8. The Hall–Kier alpha value is -3.19. The number of hydrogen-bond donors (Lipinski definition) is 0. The highest BCUT2D eigenvalue weighted by Gasteiger charge is 2.43. The summed E-state index contributed by atoms with van der Waals surface area (Å²) in [5, 5.41) is 11.8. The Morgan fingerprint density at radius 2 is 1.87 bits per heavy atom. The van der Waals surface area contributed by atoms with E-state index >= 15 is 0 Å². The predicted molar refractivity (Wildman–Crippen MR) is 113 cm³/mol. The van der Waals surface area contributed by atoms with Crippen LogP contribution in [-0.2, 0) is 0 Å². The van der Waals surface area contributed by atoms with Crippen molar-refractivity contribution in [2.24, 2.45) is 5.92 Å². The molecular weight excluding hydrogens is 408 g/mol. The van der Waals surface area contributed by atoms with Crippen molar-refractivity contribution in [3.8, 4) is 0 Å². The van der Waals surface area contributed by atoms with E-state index in [1.165, 1.54) is 12.1 Å². The van der Waals surface area contributed by atoms with E-state index in [0.717, 1.165) is 5.56 Å². The first-order valence-electron chi connectivity index (χ1n) is 9.51. The quantitative estimate of drug-likeness (QED) is 0.438. The van der Waals surface area contributed by atoms with Gasteiger partial charge in [-0.05, 0) is 48.2 Å². The van der Waals surface area contributed by atoms with Crippen LogP contribution in [0.25, 0.3) is 11.0 Å². The predicted octanol–water partition coefficient (Wildman–Crippen LogP) is 4.86. The van der Waals surface area contributed by atoms with Gasteiger partial charge in [0.15, 0.2) is 5.43 Å². The van der Waals surface area contributed by atoms with Crippen molar-refractivity contribution in [2.75, 3.05) is 6.54 Å². The van der Waals surface area contributed by atoms with Crippen molar-refractivity contribution in [1.29, 1.82) is 0 Å². The smallest absolute Gasteiger partial charge is 0.290 e. The number of rotatable bonds is 4. The lowest BCUT2D eigenvalue weighted by Gasteiger charge is -2.26. The van der Waals surface area contributed by atoms with Gasteiger partial charge in [0.2, 0.25) is 5.76 Å². The maximum atomic E-state index is 13.4. The van der Waals surface area contributed by atoms with E-state index in [0.29, 0.717) is 28.1 Å². The van der Waals surface area contributed by atoms with E-state index in [1.807, 2.05) is 13.8 Å². The van der Waals surface area contributed by atoms with Crippen molar-refractivity contribution in [3.05, 3.63) is 84.2 Å². The second kappa shape index (κ2) is 7.25. The van der Waals surface area contributed by atoms with Gasteiger partial charge in [-0.15, -0.1) is 0 Å². The number of aryl methyl sites for hydroxylation is 1. The average molecular weight is 427 g/mol. The van der Waals surface area contributed by atoms with Crippen molar-refractivity contribution in [1.82, 2.24) is 4.90 Å². The molecule has 1 unspecified atom stereocenters. The lowest BCUT2D eigenvalue weighted by Crippen LogP contribution is -2.32. The molecule has 7 nitrogen and oxygen atoms in total. The highest BCUT2D eigenvalue weighted by atomic mass is 35.5. The zero-order valence-electron chi connectivity index (χ0n) is 16.6. The molecule has 1 aliphatic heterocycles. The molecular formula is C22H19ClN2O5. The number of fused-ring (bicyclic) bond motifs is 2. The topological polar surface area (TPSA) is 93.7 Å². The Morgan fingerprint density at radius 1 is 1.20 bits per heavy atom. The van der Waals surface area contributed by atoms with Crippen LogP contribution in [0.2, 0.25) is 5.02 Å². The molecule has 2 heterocycles. The molecule has 0 aliphatic carbocycles. The molecule has 0 spiro atoms. The minimum absolute atomic E-state index is 0.0122. The van der Waals surface area contributed by atoms with Crippen LogP contribution in [0.5, 0.6) is 0 Å². The van der Waals surface area contributed by atoms with Crippen LogP contribution in [0, 0.1) is 23.0 Å². The number of halogens is 1. The van der Waals surface area contributed by atoms with Crippen LogP contribution in [0.15, 0.2) is 45.6 Å². The number of nitrogens with zero attached hydrogens (tertiary/aromatic N) is 2. The van der Waals surface area contributed by atoms with Crippen LogP contribution in [0.3, 0.4) is 0 Å². The third kappa shape index (κ3) is 3.15. The lowest BCUT2D eigenvalue weighted by molar-refractivity contribution is -0.384. The molecule has 8 heteroatoms. The van der Waals surface area contributed by atoms with Gasteiger partial charge >= 0.3 is 0 Å². The van der Waals surface area contributed by atoms with Crippen molar-refractivity contribution in [3.63, 3.8) is 0 Å². The molecule has 0 N–H and O–H groups in total. The fourth-order valence-corrected chi connectivity index (χ4v) is 4.01. The Kier molecular flexibility index (Phi) is 4.86. The second-order valence-electron chi connectivity index (χ2n) is 7.87. The summed E-state index contributed by atoms with van der Waals surface area (Å²) in [5.74, 6) is -0.211. The fraction of sp³-hybridized carbons (Fsp3) is 0.273. The SMILES string of the molecule is Cc1cc2oc3c(c(=O)c2cc1Cl)C(c1ccc([N+](=O)[O-])cc1)N(CC(C)C)C3=O. The van der Waals surface area contributed by atoms with E-state index in [4.69, 9.17) is 16.0 Å². The van der Waals surface area contributed by atoms with Crippen molar-refractivity contribution in [2.45, 2.75) is 26.8 Å². The number of non-ortho nitro benzene ring substituents is 1. The Morgan fingerprint density at radius 3 is 2.47 bits per heavy atom. The minimum Gasteiger partial charge on any atom is -0.450 e. The summed E-state index contributed by atoms with van der Waals surface area (Å²) >= 11 is 6.22. The van der Waals surface area contributed by atoms with Crippen LogP contribution in [-0.4, -0.2) is 22.3 Å². The number of nitro benzene ring substituents is 1. The summed E-state index contributed by atoms with van der Waals surface area (Å²) in [6.45, 7) is 6.14. The second-order valence-corrected chi connectivity index (χ2v) is 8.28. The summed E-state index contributed by atoms with van der Waals surface area (Å²) in [6, 6.07) is 8.41. The van der Waals surface area contributed by atoms with Crippen molar-refractivity contribution >= 4 is 34.2 Å². The van der Waals surface area contributed by atoms with Gasteiger partial charge in [0.1, 0.15) is 5.58 Å². The highest BCUT2D eigenvalue weighted by molar-refractivity contribution is 6.32. The lowest BCUT2D eigenvalue weighted by atomic mass is 9.97. The van der Waals surface area contributed by atoms with Crippen molar-refractivity contribution < 1.29 is 14.1 Å². The van der Waals surface area contributed by atoms with E-state index in [2.05, 4.69) is 0 Å². The Balaban J connectivity index is 1.97. The third-order valence-corrected chi connectivity index (χ3v) is 5.64. The molecule has 1 amide bonds. The molecule has 0 bridgehead atoms. The first-order chi connectivity index (χ1) is 14.2. The maximum Gasteiger partial charge on any atom is 0.290 e. The van der Waals surface area contributed by atoms with Gasteiger partial charge in [-0.1, -0.05) is 25.4 Å². The van der Waals surface area contributed by atoms with E-state index < -0.39 is 11.0 Å². The van der Waals surface area contributed by atoms with Crippen LogP contribution >= 0.6 is 11.6 Å². The summed E-state index contributed by atoms with van der Waals surface area (Å²) < 4.78 is 5.90. The third-order valence-electron chi connectivity index (χ3n) is 5.23. The first kappa shape index (κ1) is 20.1. The Bertz CT molecular complexity index is 1250. The molecule has 30 heavy (non-hydrogen) atoms. The summed E-state index contributed by atoms with van der Waals surface area (Å²) in [6.07, 6.45) is 0. The fourth-order valence-electron chi connectivity index (χ4n) is 3.85. The minimum atomic E-state index is -0.684. The van der Waals surface area contributed by atoms with Gasteiger partial charge in [-0.25, -0.2) is 0 Å². The molecule has 0 radical (unpaired) electrons. The number of amides is 1. The zero-order chi connectivity index (χ0) is 21.7. The molecule has 154 valence electrons. The monoisotopic (exact) mass is 426 g/mol. The molecule has 2 aromatic carbocycles. The van der Waals surface area contributed by atoms with E-state index in [9.17, 15) is 19.7 Å². The molecule has 1 aromatic heterocycles. The molecule has 4 rings (SSSR count). The van der Waals surface area contributed by atoms with Gasteiger partial charge in [0.25, 0.3) is 11.6 Å². The van der Waals surface area contributed by atoms with Crippen LogP contribution < -0.4 is 5.43 Å². The number of carbonyl (C=O) groups excluding carboxylic acids is 1. The standard InChI is InChI=1S/C22H19ClN2O5/c1-11(2)10-24-19(13-4-6-14(7-5-13)25(28)29)18-20(26)15-9-16(23)12(3)8-17(15)30-21(18)22(24)27/h4-9,11,19H,10H2,1-3H3. The number of nitro groups is 1. The average Bonchev–Trinajstić information content (AvgIpc) is 2.95. The van der Waals surface area contributed by atoms with Gasteiger partial charge < -0.3 is 9.32 Å². The van der Waals surface area contributed by atoms with Gasteiger partial charge in [-0.2, -0.15) is 0 Å². The molecule has 0 saturated heterocycles. The number of benzene rings is 2. The maximum absolute atomic E-state index is 13.4. The number of hydrogen-bond acceptors (Lipinski definition) is 5.